The summed E-state index contributed by atoms with van der Waals surface area (Å²) >= 11 is 0.901. The van der Waals surface area contributed by atoms with Crippen LogP contribution in [0.1, 0.15) is 22.4 Å². The van der Waals surface area contributed by atoms with Crippen molar-refractivity contribution in [2.75, 3.05) is 0 Å². The molecular formula is C20H12F3N3O2S. The van der Waals surface area contributed by atoms with Crippen molar-refractivity contribution in [3.05, 3.63) is 102 Å². The van der Waals surface area contributed by atoms with Crippen molar-refractivity contribution in [1.29, 1.82) is 0 Å². The highest BCUT2D eigenvalue weighted by Crippen LogP contribution is 2.29. The van der Waals surface area contributed by atoms with E-state index in [0.29, 0.717) is 0 Å². The van der Waals surface area contributed by atoms with E-state index in [4.69, 9.17) is 0 Å². The molecule has 0 aliphatic carbocycles. The Labute approximate surface area is 165 Å². The van der Waals surface area contributed by atoms with Gasteiger partial charge in [0.1, 0.15) is 5.69 Å². The van der Waals surface area contributed by atoms with Gasteiger partial charge in [0.2, 0.25) is 4.96 Å². The van der Waals surface area contributed by atoms with Crippen LogP contribution in [-0.2, 0) is 12.6 Å². The van der Waals surface area contributed by atoms with Crippen molar-refractivity contribution in [3.8, 4) is 0 Å². The zero-order valence-electron chi connectivity index (χ0n) is 14.7. The van der Waals surface area contributed by atoms with Crippen molar-refractivity contribution in [3.63, 3.8) is 0 Å². The first kappa shape index (κ1) is 19.0. The maximum Gasteiger partial charge on any atom is 0.416 e. The molecule has 0 unspecified atom stereocenters. The van der Waals surface area contributed by atoms with E-state index in [1.807, 2.05) is 30.3 Å². The number of fused-ring (bicyclic) bond motifs is 1. The summed E-state index contributed by atoms with van der Waals surface area (Å²) in [5.74, 6) is 0. The van der Waals surface area contributed by atoms with Gasteiger partial charge in [0.25, 0.3) is 11.1 Å². The Balaban J connectivity index is 1.80. The number of nitrogens with zero attached hydrogens (tertiary/aromatic N) is 3. The molecule has 0 atom stereocenters. The molecule has 0 spiro atoms. The maximum absolute atomic E-state index is 12.9. The van der Waals surface area contributed by atoms with Crippen molar-refractivity contribution >= 4 is 22.4 Å². The van der Waals surface area contributed by atoms with Crippen LogP contribution in [0.15, 0.2) is 64.2 Å². The topological polar surface area (TPSA) is 64.3 Å². The number of halogens is 3. The van der Waals surface area contributed by atoms with Gasteiger partial charge in [-0.3, -0.25) is 9.59 Å². The van der Waals surface area contributed by atoms with Gasteiger partial charge in [0.15, 0.2) is 0 Å². The lowest BCUT2D eigenvalue weighted by atomic mass is 10.1. The third-order valence-electron chi connectivity index (χ3n) is 4.18. The number of hydrogen-bond acceptors (Lipinski definition) is 5. The maximum atomic E-state index is 12.9. The van der Waals surface area contributed by atoms with Gasteiger partial charge in [-0.2, -0.15) is 27.8 Å². The molecule has 2 heterocycles. The SMILES string of the molecule is O=c1nc2s/c(=C/c3cccc(C(F)(F)F)c3)c(=O)n2nc1Cc1ccccc1. The van der Waals surface area contributed by atoms with Gasteiger partial charge >= 0.3 is 6.18 Å². The molecule has 2 aromatic carbocycles. The van der Waals surface area contributed by atoms with E-state index in [1.54, 1.807) is 0 Å². The summed E-state index contributed by atoms with van der Waals surface area (Å²) in [6.07, 6.45) is -2.93. The largest absolute Gasteiger partial charge is 0.416 e. The van der Waals surface area contributed by atoms with E-state index in [2.05, 4.69) is 10.1 Å². The molecule has 29 heavy (non-hydrogen) atoms. The Morgan fingerprint density at radius 2 is 1.79 bits per heavy atom. The summed E-state index contributed by atoms with van der Waals surface area (Å²) in [6, 6.07) is 13.8. The Bertz CT molecular complexity index is 1360. The molecule has 146 valence electrons. The van der Waals surface area contributed by atoms with Crippen LogP contribution >= 0.6 is 11.3 Å². The normalized spacial score (nSPS) is 12.6. The Morgan fingerprint density at radius 1 is 1.03 bits per heavy atom. The van der Waals surface area contributed by atoms with Crippen LogP contribution in [0.5, 0.6) is 0 Å². The first-order valence-corrected chi connectivity index (χ1v) is 9.28. The fourth-order valence-corrected chi connectivity index (χ4v) is 3.70. The number of thiazole rings is 1. The molecule has 0 saturated heterocycles. The van der Waals surface area contributed by atoms with Gasteiger partial charge < -0.3 is 0 Å². The minimum absolute atomic E-state index is 0.0926. The van der Waals surface area contributed by atoms with Crippen molar-refractivity contribution in [1.82, 2.24) is 14.6 Å². The van der Waals surface area contributed by atoms with E-state index in [0.717, 1.165) is 33.5 Å². The van der Waals surface area contributed by atoms with Gasteiger partial charge in [0.05, 0.1) is 10.1 Å². The summed E-state index contributed by atoms with van der Waals surface area (Å²) in [4.78, 5) is 28.9. The van der Waals surface area contributed by atoms with E-state index >= 15 is 0 Å². The second-order valence-electron chi connectivity index (χ2n) is 6.26. The molecule has 2 aromatic heterocycles. The first-order valence-electron chi connectivity index (χ1n) is 8.47. The average molecular weight is 415 g/mol. The van der Waals surface area contributed by atoms with Crippen LogP contribution < -0.4 is 15.7 Å². The molecule has 0 fully saturated rings. The molecule has 0 N–H and O–H groups in total. The van der Waals surface area contributed by atoms with E-state index in [-0.39, 0.29) is 27.2 Å². The molecule has 4 aromatic rings. The average Bonchev–Trinajstić information content (AvgIpc) is 2.97. The van der Waals surface area contributed by atoms with Crippen molar-refractivity contribution in [2.24, 2.45) is 0 Å². The molecule has 0 saturated carbocycles. The lowest BCUT2D eigenvalue weighted by molar-refractivity contribution is -0.137. The molecule has 0 radical (unpaired) electrons. The summed E-state index contributed by atoms with van der Waals surface area (Å²) in [5, 5.41) is 4.13. The number of benzene rings is 2. The van der Waals surface area contributed by atoms with Crippen LogP contribution in [0.2, 0.25) is 0 Å². The second kappa shape index (κ2) is 7.25. The summed E-state index contributed by atoms with van der Waals surface area (Å²) in [7, 11) is 0. The third-order valence-corrected chi connectivity index (χ3v) is 5.14. The molecule has 5 nitrogen and oxygen atoms in total. The first-order chi connectivity index (χ1) is 13.8. The summed E-state index contributed by atoms with van der Waals surface area (Å²) in [6.45, 7) is 0. The fourth-order valence-electron chi connectivity index (χ4n) is 2.80. The number of rotatable bonds is 3. The highest BCUT2D eigenvalue weighted by molar-refractivity contribution is 7.15. The van der Waals surface area contributed by atoms with Gasteiger partial charge in [-0.25, -0.2) is 0 Å². The van der Waals surface area contributed by atoms with Gasteiger partial charge in [-0.05, 0) is 29.3 Å². The molecule has 0 aliphatic rings. The molecule has 0 aliphatic heterocycles. The van der Waals surface area contributed by atoms with Gasteiger partial charge in [-0.15, -0.1) is 0 Å². The Morgan fingerprint density at radius 3 is 2.52 bits per heavy atom. The van der Waals surface area contributed by atoms with Crippen LogP contribution in [0.25, 0.3) is 11.0 Å². The van der Waals surface area contributed by atoms with Gasteiger partial charge in [-0.1, -0.05) is 53.8 Å². The quantitative estimate of drug-likeness (QED) is 0.516. The number of aromatic nitrogens is 3. The highest BCUT2D eigenvalue weighted by atomic mass is 32.1. The van der Waals surface area contributed by atoms with E-state index in [1.165, 1.54) is 18.2 Å². The highest BCUT2D eigenvalue weighted by Gasteiger charge is 2.30. The monoisotopic (exact) mass is 415 g/mol. The minimum atomic E-state index is -4.48. The lowest BCUT2D eigenvalue weighted by Crippen LogP contribution is -2.28. The predicted octanol–water partition coefficient (Wildman–Crippen LogP) is 2.67. The zero-order chi connectivity index (χ0) is 20.6. The Kier molecular flexibility index (Phi) is 4.75. The van der Waals surface area contributed by atoms with Crippen molar-refractivity contribution < 1.29 is 13.2 Å². The fraction of sp³-hybridized carbons (Fsp3) is 0.100. The number of hydrogen-bond donors (Lipinski definition) is 0. The standard InChI is InChI=1S/C20H12F3N3O2S/c21-20(22,23)14-8-4-7-13(9-14)11-16-18(28)26-19(29-16)24-17(27)15(25-26)10-12-5-2-1-3-6-12/h1-9,11H,10H2/b16-11+. The molecular weight excluding hydrogens is 403 g/mol. The van der Waals surface area contributed by atoms with E-state index < -0.39 is 22.9 Å². The van der Waals surface area contributed by atoms with E-state index in [9.17, 15) is 22.8 Å². The van der Waals surface area contributed by atoms with Crippen LogP contribution in [-0.4, -0.2) is 14.6 Å². The molecule has 0 amide bonds. The third kappa shape index (κ3) is 3.95. The van der Waals surface area contributed by atoms with Gasteiger partial charge in [0, 0.05) is 6.42 Å². The second-order valence-corrected chi connectivity index (χ2v) is 7.27. The molecule has 9 heteroatoms. The van der Waals surface area contributed by atoms with Crippen LogP contribution in [0, 0.1) is 0 Å². The Hall–Kier alpha value is -3.33. The van der Waals surface area contributed by atoms with Crippen molar-refractivity contribution in [2.45, 2.75) is 12.6 Å². The molecule has 0 bridgehead atoms. The minimum Gasteiger partial charge on any atom is -0.266 e. The molecule has 4 rings (SSSR count). The van der Waals surface area contributed by atoms with Crippen LogP contribution in [0.3, 0.4) is 0 Å². The zero-order valence-corrected chi connectivity index (χ0v) is 15.5. The summed E-state index contributed by atoms with van der Waals surface area (Å²) < 4.78 is 39.8. The summed E-state index contributed by atoms with van der Waals surface area (Å²) in [5.41, 5.74) is -0.705. The van der Waals surface area contributed by atoms with Crippen LogP contribution in [0.4, 0.5) is 13.2 Å². The smallest absolute Gasteiger partial charge is 0.266 e. The number of alkyl halides is 3. The lowest BCUT2D eigenvalue weighted by Gasteiger charge is -2.06. The predicted molar refractivity (Wildman–Crippen MR) is 103 cm³/mol.